The van der Waals surface area contributed by atoms with Crippen LogP contribution in [0.25, 0.3) is 0 Å². The summed E-state index contributed by atoms with van der Waals surface area (Å²) in [6.07, 6.45) is 5.51. The number of nitrogens with two attached hydrogens (primary N) is 2. The molecule has 0 heterocycles. The molecule has 37 heavy (non-hydrogen) atoms. The molecule has 2 heteroatoms. The van der Waals surface area contributed by atoms with Crippen LogP contribution in [0.5, 0.6) is 0 Å². The van der Waals surface area contributed by atoms with Crippen LogP contribution in [0.3, 0.4) is 0 Å². The largest absolute Gasteiger partial charge is 0.399 e. The maximum absolute atomic E-state index is 5.97. The first-order valence-electron chi connectivity index (χ1n) is 13.8. The predicted octanol–water partition coefficient (Wildman–Crippen LogP) is 8.73. The molecule has 4 aromatic carbocycles. The van der Waals surface area contributed by atoms with Crippen molar-refractivity contribution in [3.05, 3.63) is 129 Å². The van der Waals surface area contributed by atoms with Crippen molar-refractivity contribution in [2.75, 3.05) is 11.5 Å². The average Bonchev–Trinajstić information content (AvgIpc) is 2.89. The Bertz CT molecular complexity index is 1200. The van der Waals surface area contributed by atoms with Gasteiger partial charge in [0.1, 0.15) is 0 Å². The third-order valence-electron chi connectivity index (χ3n) is 7.85. The number of anilines is 2. The van der Waals surface area contributed by atoms with Crippen LogP contribution in [0.1, 0.15) is 89.5 Å². The quantitative estimate of drug-likeness (QED) is 0.218. The fourth-order valence-electron chi connectivity index (χ4n) is 5.78. The summed E-state index contributed by atoms with van der Waals surface area (Å²) in [5, 5.41) is 0. The van der Waals surface area contributed by atoms with E-state index in [2.05, 4.69) is 100 Å². The molecule has 0 amide bonds. The maximum atomic E-state index is 5.97. The minimum atomic E-state index is 0.414. The molecule has 0 aliphatic carbocycles. The first-order valence-corrected chi connectivity index (χ1v) is 13.8. The van der Waals surface area contributed by atoms with Gasteiger partial charge in [0.2, 0.25) is 0 Å². The van der Waals surface area contributed by atoms with Gasteiger partial charge in [-0.05, 0) is 115 Å². The Balaban J connectivity index is 1.35. The Labute approximate surface area is 223 Å². The third-order valence-corrected chi connectivity index (χ3v) is 7.85. The van der Waals surface area contributed by atoms with Crippen LogP contribution >= 0.6 is 0 Å². The Kier molecular flexibility index (Phi) is 8.71. The van der Waals surface area contributed by atoms with Crippen molar-refractivity contribution >= 4 is 11.4 Å². The minimum absolute atomic E-state index is 0.414. The summed E-state index contributed by atoms with van der Waals surface area (Å²) < 4.78 is 0. The highest BCUT2D eigenvalue weighted by Crippen LogP contribution is 2.32. The number of nitrogen functional groups attached to an aromatic ring is 2. The molecular formula is C35H42N2. The Morgan fingerprint density at radius 2 is 0.919 bits per heavy atom. The summed E-state index contributed by atoms with van der Waals surface area (Å²) in [4.78, 5) is 0. The van der Waals surface area contributed by atoms with E-state index in [0.29, 0.717) is 11.8 Å². The van der Waals surface area contributed by atoms with E-state index in [1.165, 1.54) is 44.5 Å². The van der Waals surface area contributed by atoms with Crippen molar-refractivity contribution in [3.63, 3.8) is 0 Å². The SMILES string of the molecule is CCC(c1ccc(CCCc2ccc(C(CC)c3ccc(N)cc3C)cc2)cc1)c1ccc(N)cc1C. The van der Waals surface area contributed by atoms with Gasteiger partial charge in [-0.2, -0.15) is 0 Å². The van der Waals surface area contributed by atoms with Gasteiger partial charge >= 0.3 is 0 Å². The topological polar surface area (TPSA) is 52.0 Å². The zero-order valence-electron chi connectivity index (χ0n) is 22.9. The Morgan fingerprint density at radius 3 is 1.24 bits per heavy atom. The van der Waals surface area contributed by atoms with Crippen molar-refractivity contribution in [2.24, 2.45) is 0 Å². The zero-order chi connectivity index (χ0) is 26.4. The fraction of sp³-hybridized carbons (Fsp3) is 0.314. The van der Waals surface area contributed by atoms with Crippen molar-refractivity contribution in [3.8, 4) is 0 Å². The van der Waals surface area contributed by atoms with Gasteiger partial charge in [0, 0.05) is 23.2 Å². The number of rotatable bonds is 10. The number of aryl methyl sites for hydroxylation is 4. The van der Waals surface area contributed by atoms with E-state index in [1.54, 1.807) is 0 Å². The highest BCUT2D eigenvalue weighted by atomic mass is 14.5. The van der Waals surface area contributed by atoms with E-state index < -0.39 is 0 Å². The van der Waals surface area contributed by atoms with Gasteiger partial charge in [0.25, 0.3) is 0 Å². The second-order valence-electron chi connectivity index (χ2n) is 10.5. The van der Waals surface area contributed by atoms with Gasteiger partial charge in [-0.1, -0.05) is 74.5 Å². The van der Waals surface area contributed by atoms with Crippen LogP contribution in [0.4, 0.5) is 11.4 Å². The lowest BCUT2D eigenvalue weighted by atomic mass is 9.85. The molecular weight excluding hydrogens is 448 g/mol. The zero-order valence-corrected chi connectivity index (χ0v) is 22.9. The monoisotopic (exact) mass is 490 g/mol. The Hall–Kier alpha value is -3.52. The molecule has 0 saturated carbocycles. The molecule has 0 saturated heterocycles. The van der Waals surface area contributed by atoms with Gasteiger partial charge in [0.15, 0.2) is 0 Å². The molecule has 0 aliphatic heterocycles. The molecule has 4 rings (SSSR count). The fourth-order valence-corrected chi connectivity index (χ4v) is 5.78. The minimum Gasteiger partial charge on any atom is -0.399 e. The molecule has 2 unspecified atom stereocenters. The summed E-state index contributed by atoms with van der Waals surface area (Å²) in [5.41, 5.74) is 24.5. The molecule has 0 bridgehead atoms. The van der Waals surface area contributed by atoms with Gasteiger partial charge < -0.3 is 11.5 Å². The van der Waals surface area contributed by atoms with Crippen molar-refractivity contribution in [2.45, 2.75) is 71.6 Å². The molecule has 0 fully saturated rings. The summed E-state index contributed by atoms with van der Waals surface area (Å²) >= 11 is 0. The number of hydrogen-bond acceptors (Lipinski definition) is 2. The molecule has 2 nitrogen and oxygen atoms in total. The Morgan fingerprint density at radius 1 is 0.541 bits per heavy atom. The van der Waals surface area contributed by atoms with E-state index in [9.17, 15) is 0 Å². The van der Waals surface area contributed by atoms with Crippen molar-refractivity contribution in [1.82, 2.24) is 0 Å². The first-order chi connectivity index (χ1) is 17.9. The predicted molar refractivity (Wildman–Crippen MR) is 160 cm³/mol. The molecule has 0 radical (unpaired) electrons. The van der Waals surface area contributed by atoms with Gasteiger partial charge in [-0.15, -0.1) is 0 Å². The van der Waals surface area contributed by atoms with Gasteiger partial charge in [-0.3, -0.25) is 0 Å². The molecule has 192 valence electrons. The summed E-state index contributed by atoms with van der Waals surface area (Å²) in [6, 6.07) is 31.1. The first kappa shape index (κ1) is 26.5. The van der Waals surface area contributed by atoms with Gasteiger partial charge in [0.05, 0.1) is 0 Å². The second kappa shape index (κ2) is 12.1. The highest BCUT2D eigenvalue weighted by molar-refractivity contribution is 5.49. The summed E-state index contributed by atoms with van der Waals surface area (Å²) in [6.45, 7) is 8.85. The van der Waals surface area contributed by atoms with Crippen LogP contribution in [0.2, 0.25) is 0 Å². The van der Waals surface area contributed by atoms with Gasteiger partial charge in [-0.25, -0.2) is 0 Å². The van der Waals surface area contributed by atoms with Crippen LogP contribution in [0, 0.1) is 13.8 Å². The van der Waals surface area contributed by atoms with Crippen molar-refractivity contribution < 1.29 is 0 Å². The maximum Gasteiger partial charge on any atom is 0.0316 e. The molecule has 0 spiro atoms. The van der Waals surface area contributed by atoms with Crippen LogP contribution < -0.4 is 11.5 Å². The number of benzene rings is 4. The van der Waals surface area contributed by atoms with Crippen LogP contribution in [0.15, 0.2) is 84.9 Å². The highest BCUT2D eigenvalue weighted by Gasteiger charge is 2.16. The summed E-state index contributed by atoms with van der Waals surface area (Å²) in [7, 11) is 0. The van der Waals surface area contributed by atoms with Crippen LogP contribution in [-0.4, -0.2) is 0 Å². The van der Waals surface area contributed by atoms with E-state index in [-0.39, 0.29) is 0 Å². The average molecular weight is 491 g/mol. The van der Waals surface area contributed by atoms with E-state index >= 15 is 0 Å². The van der Waals surface area contributed by atoms with E-state index in [0.717, 1.165) is 43.5 Å². The lowest BCUT2D eigenvalue weighted by Gasteiger charge is -2.19. The molecule has 4 N–H and O–H groups in total. The molecule has 0 aliphatic rings. The summed E-state index contributed by atoms with van der Waals surface area (Å²) in [5.74, 6) is 0.828. The lowest BCUT2D eigenvalue weighted by Crippen LogP contribution is -2.03. The smallest absolute Gasteiger partial charge is 0.0316 e. The second-order valence-corrected chi connectivity index (χ2v) is 10.5. The third kappa shape index (κ3) is 6.43. The molecule has 2 atom stereocenters. The van der Waals surface area contributed by atoms with E-state index in [4.69, 9.17) is 11.5 Å². The standard InChI is InChI=1S/C35H42N2/c1-5-32(34-20-18-30(36)22-24(34)3)28-14-10-26(11-15-28)8-7-9-27-12-16-29(17-13-27)33(6-2)35-21-19-31(37)23-25(35)4/h10-23,32-33H,5-9,36-37H2,1-4H3. The normalized spacial score (nSPS) is 12.9. The van der Waals surface area contributed by atoms with Crippen LogP contribution in [-0.2, 0) is 12.8 Å². The van der Waals surface area contributed by atoms with E-state index in [1.807, 2.05) is 12.1 Å². The molecule has 0 aromatic heterocycles. The molecule has 4 aromatic rings. The lowest BCUT2D eigenvalue weighted by molar-refractivity contribution is 0.766. The number of hydrogen-bond donors (Lipinski definition) is 2. The van der Waals surface area contributed by atoms with Crippen molar-refractivity contribution in [1.29, 1.82) is 0 Å².